The maximum atomic E-state index is 10.1. The van der Waals surface area contributed by atoms with E-state index in [0.29, 0.717) is 11.8 Å². The summed E-state index contributed by atoms with van der Waals surface area (Å²) in [6.07, 6.45) is 2.05. The Balaban J connectivity index is 1.77. The largest absolute Gasteiger partial charge is 0.508 e. The summed E-state index contributed by atoms with van der Waals surface area (Å²) >= 11 is 0. The van der Waals surface area contributed by atoms with Gasteiger partial charge in [-0.2, -0.15) is 0 Å². The van der Waals surface area contributed by atoms with Crippen LogP contribution in [0.2, 0.25) is 0 Å². The molecule has 0 saturated carbocycles. The van der Waals surface area contributed by atoms with E-state index in [9.17, 15) is 5.11 Å². The van der Waals surface area contributed by atoms with Gasteiger partial charge in [-0.3, -0.25) is 4.90 Å². The van der Waals surface area contributed by atoms with Gasteiger partial charge in [0.2, 0.25) is 0 Å². The van der Waals surface area contributed by atoms with E-state index >= 15 is 0 Å². The number of benzene rings is 2. The molecule has 2 heterocycles. The second kappa shape index (κ2) is 5.27. The van der Waals surface area contributed by atoms with E-state index in [1.165, 1.54) is 27.8 Å². The lowest BCUT2D eigenvalue weighted by Gasteiger charge is -2.41. The predicted octanol–water partition coefficient (Wildman–Crippen LogP) is 3.67. The van der Waals surface area contributed by atoms with Crippen molar-refractivity contribution >= 4 is 0 Å². The molecule has 3 nitrogen and oxygen atoms in total. The van der Waals surface area contributed by atoms with Gasteiger partial charge >= 0.3 is 0 Å². The van der Waals surface area contributed by atoms with Crippen LogP contribution in [-0.4, -0.2) is 23.7 Å². The van der Waals surface area contributed by atoms with Crippen LogP contribution in [0.25, 0.3) is 0 Å². The van der Waals surface area contributed by atoms with Gasteiger partial charge in [-0.15, -0.1) is 0 Å². The van der Waals surface area contributed by atoms with E-state index < -0.39 is 0 Å². The topological polar surface area (TPSA) is 32.7 Å². The zero-order valence-corrected chi connectivity index (χ0v) is 14.0. The molecule has 3 heteroatoms. The minimum atomic E-state index is 0.366. The van der Waals surface area contributed by atoms with Crippen LogP contribution < -0.4 is 4.74 Å². The molecule has 0 aliphatic carbocycles. The third-order valence-electron chi connectivity index (χ3n) is 5.43. The second-order valence-electron chi connectivity index (χ2n) is 6.87. The van der Waals surface area contributed by atoms with Crippen LogP contribution >= 0.6 is 0 Å². The zero-order valence-electron chi connectivity index (χ0n) is 14.0. The summed E-state index contributed by atoms with van der Waals surface area (Å²) in [5.74, 6) is 1.39. The number of phenols is 1. The Labute approximate surface area is 137 Å². The van der Waals surface area contributed by atoms with Crippen molar-refractivity contribution in [3.8, 4) is 11.5 Å². The molecule has 0 radical (unpaired) electrons. The highest BCUT2D eigenvalue weighted by Crippen LogP contribution is 2.41. The van der Waals surface area contributed by atoms with Crippen LogP contribution in [0, 0.1) is 13.8 Å². The lowest BCUT2D eigenvalue weighted by molar-refractivity contribution is 0.160. The number of aromatic hydroxyl groups is 1. The SMILES string of the molecule is COc1cc2c(cc1C)CN1CCc3cc(C)c(O)cc3[C@@H]1C2. The minimum Gasteiger partial charge on any atom is -0.508 e. The first-order chi connectivity index (χ1) is 11.1. The lowest BCUT2D eigenvalue weighted by atomic mass is 9.83. The molecule has 0 saturated heterocycles. The summed E-state index contributed by atoms with van der Waals surface area (Å²) in [5.41, 5.74) is 7.66. The number of phenolic OH excluding ortho intramolecular Hbond substituents is 1. The molecule has 0 bridgehead atoms. The molecule has 120 valence electrons. The van der Waals surface area contributed by atoms with Gasteiger partial charge in [0.15, 0.2) is 0 Å². The highest BCUT2D eigenvalue weighted by molar-refractivity contribution is 5.48. The standard InChI is InChI=1S/C20H23NO2/c1-12-6-14-4-5-21-11-16-7-13(2)20(23-3)9-15(16)8-18(21)17(14)10-19(12)22/h6-7,9-10,18,22H,4-5,8,11H2,1-3H3/t18-/m0/s1. The Kier molecular flexibility index (Phi) is 3.34. The van der Waals surface area contributed by atoms with Gasteiger partial charge in [0.1, 0.15) is 11.5 Å². The first kappa shape index (κ1) is 14.6. The number of hydrogen-bond acceptors (Lipinski definition) is 3. The van der Waals surface area contributed by atoms with E-state index in [1.54, 1.807) is 7.11 Å². The summed E-state index contributed by atoms with van der Waals surface area (Å²) in [7, 11) is 1.74. The van der Waals surface area contributed by atoms with Crippen LogP contribution in [-0.2, 0) is 19.4 Å². The van der Waals surface area contributed by atoms with Crippen molar-refractivity contribution in [1.82, 2.24) is 4.90 Å². The van der Waals surface area contributed by atoms with Crippen LogP contribution in [0.1, 0.15) is 39.4 Å². The van der Waals surface area contributed by atoms with E-state index in [4.69, 9.17) is 4.74 Å². The van der Waals surface area contributed by atoms with Gasteiger partial charge in [-0.25, -0.2) is 0 Å². The molecule has 0 unspecified atom stereocenters. The molecule has 2 aromatic rings. The van der Waals surface area contributed by atoms with Crippen molar-refractivity contribution < 1.29 is 9.84 Å². The smallest absolute Gasteiger partial charge is 0.122 e. The Hall–Kier alpha value is -2.00. The fourth-order valence-corrected chi connectivity index (χ4v) is 4.12. The fraction of sp³-hybridized carbons (Fsp3) is 0.400. The number of ether oxygens (including phenoxy) is 1. The van der Waals surface area contributed by atoms with Crippen LogP contribution in [0.4, 0.5) is 0 Å². The molecule has 2 aliphatic heterocycles. The second-order valence-corrected chi connectivity index (χ2v) is 6.87. The molecule has 2 aromatic carbocycles. The minimum absolute atomic E-state index is 0.366. The molecule has 1 atom stereocenters. The average molecular weight is 309 g/mol. The molecule has 0 amide bonds. The van der Waals surface area contributed by atoms with Crippen molar-refractivity contribution in [3.05, 3.63) is 57.6 Å². The van der Waals surface area contributed by atoms with E-state index in [-0.39, 0.29) is 0 Å². The van der Waals surface area contributed by atoms with E-state index in [2.05, 4.69) is 30.0 Å². The average Bonchev–Trinajstić information content (AvgIpc) is 2.54. The number of methoxy groups -OCH3 is 1. The Morgan fingerprint density at radius 1 is 1.04 bits per heavy atom. The van der Waals surface area contributed by atoms with Gasteiger partial charge in [-0.1, -0.05) is 12.1 Å². The molecule has 4 rings (SSSR count). The number of fused-ring (bicyclic) bond motifs is 4. The van der Waals surface area contributed by atoms with Gasteiger partial charge in [0.05, 0.1) is 7.11 Å². The van der Waals surface area contributed by atoms with E-state index in [0.717, 1.165) is 37.2 Å². The van der Waals surface area contributed by atoms with Crippen LogP contribution in [0.15, 0.2) is 24.3 Å². The van der Waals surface area contributed by atoms with Crippen molar-refractivity contribution in [2.75, 3.05) is 13.7 Å². The van der Waals surface area contributed by atoms with Gasteiger partial charge in [0.25, 0.3) is 0 Å². The Bertz CT molecular complexity index is 782. The van der Waals surface area contributed by atoms with Gasteiger partial charge < -0.3 is 9.84 Å². The molecule has 0 fully saturated rings. The van der Waals surface area contributed by atoms with E-state index in [1.807, 2.05) is 13.0 Å². The van der Waals surface area contributed by atoms with Crippen molar-refractivity contribution in [2.45, 2.75) is 39.3 Å². The molecular weight excluding hydrogens is 286 g/mol. The van der Waals surface area contributed by atoms with Crippen molar-refractivity contribution in [3.63, 3.8) is 0 Å². The molecule has 23 heavy (non-hydrogen) atoms. The number of hydrogen-bond donors (Lipinski definition) is 1. The summed E-state index contributed by atoms with van der Waals surface area (Å²) in [4.78, 5) is 2.55. The Morgan fingerprint density at radius 3 is 2.61 bits per heavy atom. The van der Waals surface area contributed by atoms with Crippen molar-refractivity contribution in [1.29, 1.82) is 0 Å². The maximum absolute atomic E-state index is 10.1. The molecule has 0 aromatic heterocycles. The monoisotopic (exact) mass is 309 g/mol. The van der Waals surface area contributed by atoms with Gasteiger partial charge in [0, 0.05) is 19.1 Å². The maximum Gasteiger partial charge on any atom is 0.122 e. The Morgan fingerprint density at radius 2 is 1.83 bits per heavy atom. The number of rotatable bonds is 1. The molecule has 0 spiro atoms. The first-order valence-corrected chi connectivity index (χ1v) is 8.29. The highest BCUT2D eigenvalue weighted by atomic mass is 16.5. The highest BCUT2D eigenvalue weighted by Gasteiger charge is 2.32. The normalized spacial score (nSPS) is 19.7. The summed E-state index contributed by atoms with van der Waals surface area (Å²) in [5, 5.41) is 10.1. The van der Waals surface area contributed by atoms with Crippen molar-refractivity contribution in [2.24, 2.45) is 0 Å². The molecular formula is C20H23NO2. The number of nitrogens with zero attached hydrogens (tertiary/aromatic N) is 1. The third kappa shape index (κ3) is 2.31. The van der Waals surface area contributed by atoms with Crippen LogP contribution in [0.3, 0.4) is 0 Å². The summed E-state index contributed by atoms with van der Waals surface area (Å²) in [6.45, 7) is 6.16. The first-order valence-electron chi connectivity index (χ1n) is 8.29. The van der Waals surface area contributed by atoms with Crippen LogP contribution in [0.5, 0.6) is 11.5 Å². The van der Waals surface area contributed by atoms with Gasteiger partial charge in [-0.05, 0) is 72.2 Å². The quantitative estimate of drug-likeness (QED) is 0.872. The molecule has 2 aliphatic rings. The summed E-state index contributed by atoms with van der Waals surface area (Å²) in [6, 6.07) is 8.98. The lowest BCUT2D eigenvalue weighted by Crippen LogP contribution is -2.39. The predicted molar refractivity (Wildman–Crippen MR) is 91.1 cm³/mol. The fourth-order valence-electron chi connectivity index (χ4n) is 4.12. The third-order valence-corrected chi connectivity index (χ3v) is 5.43. The molecule has 1 N–H and O–H groups in total. The number of aryl methyl sites for hydroxylation is 2. The summed E-state index contributed by atoms with van der Waals surface area (Å²) < 4.78 is 5.50. The zero-order chi connectivity index (χ0) is 16.1.